The zero-order chi connectivity index (χ0) is 26.1. The zero-order valence-corrected chi connectivity index (χ0v) is 21.8. The summed E-state index contributed by atoms with van der Waals surface area (Å²) in [5, 5.41) is 0. The van der Waals surface area contributed by atoms with Crippen molar-refractivity contribution in [1.82, 2.24) is 0 Å². The standard InChI is InChI=1S/C37H31N/c1-4-31-26(3)23-35-33-21-12-13-22-34(33)37(25-36(35)32(31)5-2)38(29-18-10-7-11-19-29)30-20-14-17-28(24-30)27-15-8-6-9-16-27/h4-20,22-25,33H,1-2,21H2,3H3. The van der Waals surface area contributed by atoms with Crippen LogP contribution < -0.4 is 4.90 Å². The molecular weight excluding hydrogens is 458 g/mol. The number of hydrogen-bond donors (Lipinski definition) is 0. The highest BCUT2D eigenvalue weighted by atomic mass is 15.2. The van der Waals surface area contributed by atoms with Gasteiger partial charge in [0.2, 0.25) is 0 Å². The second kappa shape index (κ2) is 10.0. The summed E-state index contributed by atoms with van der Waals surface area (Å²) in [7, 11) is 0. The molecule has 1 nitrogen and oxygen atoms in total. The number of hydrogen-bond acceptors (Lipinski definition) is 1. The number of fused-ring (bicyclic) bond motifs is 3. The third-order valence-electron chi connectivity index (χ3n) is 7.67. The molecule has 0 saturated carbocycles. The van der Waals surface area contributed by atoms with Crippen molar-refractivity contribution in [2.45, 2.75) is 19.3 Å². The summed E-state index contributed by atoms with van der Waals surface area (Å²) in [6, 6.07) is 32.5. The van der Waals surface area contributed by atoms with Gasteiger partial charge in [0.05, 0.1) is 5.70 Å². The Kier molecular flexibility index (Phi) is 6.27. The fourth-order valence-electron chi connectivity index (χ4n) is 5.90. The fraction of sp³-hybridized carbons (Fsp3) is 0.0811. The maximum absolute atomic E-state index is 4.20. The molecule has 0 aromatic heterocycles. The summed E-state index contributed by atoms with van der Waals surface area (Å²) in [4.78, 5) is 2.41. The predicted molar refractivity (Wildman–Crippen MR) is 164 cm³/mol. The normalized spacial score (nSPS) is 15.6. The van der Waals surface area contributed by atoms with Gasteiger partial charge in [-0.3, -0.25) is 0 Å². The second-order valence-corrected chi connectivity index (χ2v) is 9.89. The molecular formula is C37H31N. The highest BCUT2D eigenvalue weighted by Crippen LogP contribution is 2.48. The maximum atomic E-state index is 4.20. The largest absolute Gasteiger partial charge is 0.310 e. The lowest BCUT2D eigenvalue weighted by molar-refractivity contribution is 0.787. The number of rotatable bonds is 6. The molecule has 0 amide bonds. The molecule has 1 heteroatoms. The Bertz CT molecular complexity index is 1620. The van der Waals surface area contributed by atoms with Crippen molar-refractivity contribution in [2.75, 3.05) is 4.90 Å². The summed E-state index contributed by atoms with van der Waals surface area (Å²) in [6.45, 7) is 10.5. The minimum atomic E-state index is 0.287. The maximum Gasteiger partial charge on any atom is 0.0506 e. The average Bonchev–Trinajstić information content (AvgIpc) is 2.98. The minimum absolute atomic E-state index is 0.287. The van der Waals surface area contributed by atoms with Gasteiger partial charge in [-0.15, -0.1) is 0 Å². The van der Waals surface area contributed by atoms with Crippen LogP contribution in [0.5, 0.6) is 0 Å². The van der Waals surface area contributed by atoms with Crippen molar-refractivity contribution in [1.29, 1.82) is 0 Å². The highest BCUT2D eigenvalue weighted by molar-refractivity contribution is 5.87. The fourth-order valence-corrected chi connectivity index (χ4v) is 5.90. The molecule has 184 valence electrons. The summed E-state index contributed by atoms with van der Waals surface area (Å²) in [5.74, 6) is 0.287. The first kappa shape index (κ1) is 23.8. The second-order valence-electron chi connectivity index (χ2n) is 9.89. The summed E-state index contributed by atoms with van der Waals surface area (Å²) in [6.07, 6.45) is 14.1. The van der Waals surface area contributed by atoms with Crippen LogP contribution in [-0.2, 0) is 0 Å². The third-order valence-corrected chi connectivity index (χ3v) is 7.67. The van der Waals surface area contributed by atoms with E-state index in [9.17, 15) is 0 Å². The van der Waals surface area contributed by atoms with Gasteiger partial charge in [-0.05, 0) is 88.2 Å². The van der Waals surface area contributed by atoms with E-state index in [1.807, 2.05) is 12.2 Å². The van der Waals surface area contributed by atoms with E-state index < -0.39 is 0 Å². The minimum Gasteiger partial charge on any atom is -0.310 e. The molecule has 0 saturated heterocycles. The van der Waals surface area contributed by atoms with E-state index in [0.717, 1.165) is 28.9 Å². The zero-order valence-electron chi connectivity index (χ0n) is 21.8. The van der Waals surface area contributed by atoms with Gasteiger partial charge in [-0.1, -0.05) is 110 Å². The van der Waals surface area contributed by atoms with Crippen LogP contribution in [0.25, 0.3) is 29.4 Å². The molecule has 0 fully saturated rings. The summed E-state index contributed by atoms with van der Waals surface area (Å²) in [5.41, 5.74) is 13.4. The topological polar surface area (TPSA) is 3.24 Å². The van der Waals surface area contributed by atoms with Gasteiger partial charge in [0.25, 0.3) is 0 Å². The first-order valence-corrected chi connectivity index (χ1v) is 13.2. The molecule has 4 aromatic carbocycles. The molecule has 1 unspecified atom stereocenters. The van der Waals surface area contributed by atoms with E-state index in [-0.39, 0.29) is 5.92 Å². The van der Waals surface area contributed by atoms with E-state index in [0.29, 0.717) is 0 Å². The molecule has 38 heavy (non-hydrogen) atoms. The van der Waals surface area contributed by atoms with E-state index in [1.165, 1.54) is 39.1 Å². The van der Waals surface area contributed by atoms with Crippen molar-refractivity contribution in [3.05, 3.63) is 161 Å². The van der Waals surface area contributed by atoms with E-state index >= 15 is 0 Å². The molecule has 0 aliphatic heterocycles. The van der Waals surface area contributed by atoms with Gasteiger partial charge >= 0.3 is 0 Å². The lowest BCUT2D eigenvalue weighted by Crippen LogP contribution is -2.25. The van der Waals surface area contributed by atoms with Crippen LogP contribution in [0, 0.1) is 6.92 Å². The number of para-hydroxylation sites is 1. The van der Waals surface area contributed by atoms with Gasteiger partial charge in [0, 0.05) is 17.3 Å². The van der Waals surface area contributed by atoms with Gasteiger partial charge in [-0.2, -0.15) is 0 Å². The molecule has 2 aliphatic rings. The van der Waals surface area contributed by atoms with Crippen molar-refractivity contribution in [3.63, 3.8) is 0 Å². The molecule has 0 spiro atoms. The Hall–Kier alpha value is -4.62. The number of nitrogens with zero attached hydrogens (tertiary/aromatic N) is 1. The first-order chi connectivity index (χ1) is 18.7. The molecule has 0 bridgehead atoms. The summed E-state index contributed by atoms with van der Waals surface area (Å²) >= 11 is 0. The number of allylic oxidation sites excluding steroid dienone is 4. The third kappa shape index (κ3) is 4.07. The molecule has 0 heterocycles. The Morgan fingerprint density at radius 2 is 1.45 bits per heavy atom. The van der Waals surface area contributed by atoms with Gasteiger partial charge in [0.15, 0.2) is 0 Å². The van der Waals surface area contributed by atoms with Crippen LogP contribution in [-0.4, -0.2) is 0 Å². The van der Waals surface area contributed by atoms with E-state index in [2.05, 4.69) is 140 Å². The Morgan fingerprint density at radius 1 is 0.763 bits per heavy atom. The monoisotopic (exact) mass is 489 g/mol. The van der Waals surface area contributed by atoms with Crippen molar-refractivity contribution < 1.29 is 0 Å². The van der Waals surface area contributed by atoms with Crippen LogP contribution >= 0.6 is 0 Å². The Morgan fingerprint density at radius 3 is 2.18 bits per heavy atom. The predicted octanol–water partition coefficient (Wildman–Crippen LogP) is 10.1. The molecule has 6 rings (SSSR count). The van der Waals surface area contributed by atoms with Crippen LogP contribution in [0.3, 0.4) is 0 Å². The van der Waals surface area contributed by atoms with Gasteiger partial charge < -0.3 is 4.90 Å². The molecule has 1 atom stereocenters. The smallest absolute Gasteiger partial charge is 0.0506 e. The average molecular weight is 490 g/mol. The highest BCUT2D eigenvalue weighted by Gasteiger charge is 2.32. The van der Waals surface area contributed by atoms with Crippen LogP contribution in [0.2, 0.25) is 0 Å². The van der Waals surface area contributed by atoms with Crippen LogP contribution in [0.15, 0.2) is 134 Å². The molecule has 2 aliphatic carbocycles. The number of aryl methyl sites for hydroxylation is 1. The number of anilines is 2. The van der Waals surface area contributed by atoms with Gasteiger partial charge in [-0.25, -0.2) is 0 Å². The van der Waals surface area contributed by atoms with E-state index in [1.54, 1.807) is 0 Å². The van der Waals surface area contributed by atoms with E-state index in [4.69, 9.17) is 0 Å². The number of benzene rings is 4. The first-order valence-electron chi connectivity index (χ1n) is 13.2. The quantitative estimate of drug-likeness (QED) is 0.260. The van der Waals surface area contributed by atoms with Crippen LogP contribution in [0.4, 0.5) is 11.4 Å². The van der Waals surface area contributed by atoms with Gasteiger partial charge in [0.1, 0.15) is 0 Å². The Labute approximate surface area is 226 Å². The molecule has 0 N–H and O–H groups in total. The molecule has 0 radical (unpaired) electrons. The van der Waals surface area contributed by atoms with Crippen molar-refractivity contribution in [2.24, 2.45) is 0 Å². The van der Waals surface area contributed by atoms with Crippen molar-refractivity contribution >= 4 is 29.6 Å². The van der Waals surface area contributed by atoms with Crippen LogP contribution in [0.1, 0.15) is 40.2 Å². The lowest BCUT2D eigenvalue weighted by atomic mass is 9.74. The lowest BCUT2D eigenvalue weighted by Gasteiger charge is -2.38. The summed E-state index contributed by atoms with van der Waals surface area (Å²) < 4.78 is 0. The Balaban J connectivity index is 1.62. The SMILES string of the molecule is C=Cc1c(C)cc2c(c1C=C)C=C(N(c1ccccc1)c1cccc(-c3ccccc3)c1)C1=CC=CCC12. The molecule has 4 aromatic rings. The van der Waals surface area contributed by atoms with Crippen molar-refractivity contribution in [3.8, 4) is 11.1 Å².